The number of carbonyl (C=O) groups excluding carboxylic acids is 1. The molecule has 0 spiro atoms. The van der Waals surface area contributed by atoms with E-state index >= 15 is 0 Å². The van der Waals surface area contributed by atoms with Crippen LogP contribution in [-0.4, -0.2) is 52.4 Å². The van der Waals surface area contributed by atoms with Gasteiger partial charge in [-0.1, -0.05) is 0 Å². The molecule has 17 heavy (non-hydrogen) atoms. The molecular formula is C11H16N4O2. The van der Waals surface area contributed by atoms with Crippen LogP contribution in [0.25, 0.3) is 0 Å². The number of likely N-dealkylation sites (tertiary alicyclic amines) is 1. The lowest BCUT2D eigenvalue weighted by atomic mass is 10.1. The topological polar surface area (TPSA) is 78.4 Å². The lowest BCUT2D eigenvalue weighted by molar-refractivity contribution is 0.0540. The molecule has 1 amide bonds. The first-order valence-corrected chi connectivity index (χ1v) is 5.69. The summed E-state index contributed by atoms with van der Waals surface area (Å²) in [5.74, 6) is 0.516. The maximum atomic E-state index is 12.0. The highest BCUT2D eigenvalue weighted by atomic mass is 16.3. The van der Waals surface area contributed by atoms with Gasteiger partial charge in [-0.15, -0.1) is 10.2 Å². The van der Waals surface area contributed by atoms with Crippen molar-refractivity contribution >= 4 is 11.7 Å². The van der Waals surface area contributed by atoms with E-state index in [-0.39, 0.29) is 12.0 Å². The summed E-state index contributed by atoms with van der Waals surface area (Å²) < 4.78 is 0. The second-order valence-electron chi connectivity index (χ2n) is 4.08. The summed E-state index contributed by atoms with van der Waals surface area (Å²) in [5.41, 5.74) is 0.348. The molecule has 0 radical (unpaired) electrons. The van der Waals surface area contributed by atoms with Crippen LogP contribution in [0.15, 0.2) is 12.1 Å². The van der Waals surface area contributed by atoms with Crippen LogP contribution < -0.4 is 5.32 Å². The van der Waals surface area contributed by atoms with Crippen LogP contribution in [0.1, 0.15) is 23.3 Å². The van der Waals surface area contributed by atoms with Gasteiger partial charge in [-0.25, -0.2) is 0 Å². The summed E-state index contributed by atoms with van der Waals surface area (Å²) in [4.78, 5) is 13.7. The molecule has 6 nitrogen and oxygen atoms in total. The van der Waals surface area contributed by atoms with E-state index in [4.69, 9.17) is 0 Å². The van der Waals surface area contributed by atoms with Crippen molar-refractivity contribution in [1.29, 1.82) is 0 Å². The van der Waals surface area contributed by atoms with Gasteiger partial charge in [-0.05, 0) is 25.0 Å². The molecular weight excluding hydrogens is 220 g/mol. The molecule has 0 unspecified atom stereocenters. The van der Waals surface area contributed by atoms with Gasteiger partial charge in [0.1, 0.15) is 5.82 Å². The van der Waals surface area contributed by atoms with Crippen LogP contribution in [-0.2, 0) is 0 Å². The first-order chi connectivity index (χ1) is 8.20. The molecule has 0 aromatic carbocycles. The Balaban J connectivity index is 2.03. The van der Waals surface area contributed by atoms with Gasteiger partial charge in [0.05, 0.1) is 6.10 Å². The third-order valence-electron chi connectivity index (χ3n) is 2.89. The average Bonchev–Trinajstić information content (AvgIpc) is 2.39. The van der Waals surface area contributed by atoms with Crippen LogP contribution >= 0.6 is 0 Å². The molecule has 92 valence electrons. The Kier molecular flexibility index (Phi) is 3.53. The highest BCUT2D eigenvalue weighted by molar-refractivity contribution is 5.92. The molecule has 1 aliphatic heterocycles. The lowest BCUT2D eigenvalue weighted by Gasteiger charge is -2.29. The largest absolute Gasteiger partial charge is 0.393 e. The first-order valence-electron chi connectivity index (χ1n) is 5.69. The van der Waals surface area contributed by atoms with Crippen LogP contribution in [0.5, 0.6) is 0 Å². The third kappa shape index (κ3) is 2.71. The van der Waals surface area contributed by atoms with Gasteiger partial charge in [0.15, 0.2) is 5.69 Å². The van der Waals surface area contributed by atoms with Crippen LogP contribution in [0, 0.1) is 0 Å². The highest BCUT2D eigenvalue weighted by Gasteiger charge is 2.23. The molecule has 6 heteroatoms. The molecule has 1 aromatic rings. The quantitative estimate of drug-likeness (QED) is 0.762. The summed E-state index contributed by atoms with van der Waals surface area (Å²) in [5, 5.41) is 20.0. The Bertz CT molecular complexity index is 385. The maximum absolute atomic E-state index is 12.0. The molecule has 1 saturated heterocycles. The van der Waals surface area contributed by atoms with Crippen LogP contribution in [0.4, 0.5) is 5.82 Å². The molecule has 2 rings (SSSR count). The Morgan fingerprint density at radius 1 is 1.41 bits per heavy atom. The number of aliphatic hydroxyl groups excluding tert-OH is 1. The predicted molar refractivity (Wildman–Crippen MR) is 62.7 cm³/mol. The Hall–Kier alpha value is -1.69. The van der Waals surface area contributed by atoms with E-state index in [9.17, 15) is 9.90 Å². The standard InChI is InChI=1S/C11H16N4O2/c1-12-10-3-2-9(13-14-10)11(17)15-6-4-8(16)5-7-15/h2-3,8,16H,4-7H2,1H3,(H,12,14). The SMILES string of the molecule is CNc1ccc(C(=O)N2CCC(O)CC2)nn1. The van der Waals surface area contributed by atoms with Gasteiger partial charge < -0.3 is 15.3 Å². The number of hydrogen-bond acceptors (Lipinski definition) is 5. The van der Waals surface area contributed by atoms with E-state index in [1.807, 2.05) is 0 Å². The summed E-state index contributed by atoms with van der Waals surface area (Å²) in [7, 11) is 1.75. The molecule has 1 fully saturated rings. The van der Waals surface area contributed by atoms with Gasteiger partial charge >= 0.3 is 0 Å². The number of aromatic nitrogens is 2. The Morgan fingerprint density at radius 2 is 2.12 bits per heavy atom. The molecule has 0 aliphatic carbocycles. The van der Waals surface area contributed by atoms with Gasteiger partial charge in [0.2, 0.25) is 0 Å². The van der Waals surface area contributed by atoms with Crippen molar-refractivity contribution in [2.75, 3.05) is 25.5 Å². The van der Waals surface area contributed by atoms with Crippen molar-refractivity contribution < 1.29 is 9.90 Å². The maximum Gasteiger partial charge on any atom is 0.274 e. The zero-order valence-corrected chi connectivity index (χ0v) is 9.76. The van der Waals surface area contributed by atoms with Crippen molar-refractivity contribution in [2.24, 2.45) is 0 Å². The number of rotatable bonds is 2. The van der Waals surface area contributed by atoms with Gasteiger partial charge in [0.25, 0.3) is 5.91 Å². The average molecular weight is 236 g/mol. The molecule has 2 heterocycles. The van der Waals surface area contributed by atoms with Crippen molar-refractivity contribution in [3.05, 3.63) is 17.8 Å². The zero-order chi connectivity index (χ0) is 12.3. The smallest absolute Gasteiger partial charge is 0.274 e. The van der Waals surface area contributed by atoms with Crippen LogP contribution in [0.3, 0.4) is 0 Å². The molecule has 0 saturated carbocycles. The number of anilines is 1. The van der Waals surface area contributed by atoms with Crippen molar-refractivity contribution in [2.45, 2.75) is 18.9 Å². The Morgan fingerprint density at radius 3 is 2.65 bits per heavy atom. The fourth-order valence-electron chi connectivity index (χ4n) is 1.81. The normalized spacial score (nSPS) is 16.9. The minimum Gasteiger partial charge on any atom is -0.393 e. The molecule has 0 bridgehead atoms. The molecule has 0 atom stereocenters. The van der Waals surface area contributed by atoms with Crippen molar-refractivity contribution in [1.82, 2.24) is 15.1 Å². The number of nitrogens with zero attached hydrogens (tertiary/aromatic N) is 3. The highest BCUT2D eigenvalue weighted by Crippen LogP contribution is 2.13. The van der Waals surface area contributed by atoms with Gasteiger partial charge in [-0.3, -0.25) is 4.79 Å². The minimum absolute atomic E-state index is 0.118. The number of carbonyl (C=O) groups is 1. The predicted octanol–water partition coefficient (Wildman–Crippen LogP) is 0.115. The summed E-state index contributed by atoms with van der Waals surface area (Å²) >= 11 is 0. The van der Waals surface area contributed by atoms with E-state index in [0.717, 1.165) is 0 Å². The van der Waals surface area contributed by atoms with E-state index < -0.39 is 0 Å². The molecule has 1 aliphatic rings. The number of piperidine rings is 1. The summed E-state index contributed by atoms with van der Waals surface area (Å²) in [6.07, 6.45) is 0.985. The van der Waals surface area contributed by atoms with E-state index in [2.05, 4.69) is 15.5 Å². The Labute approximate surface area is 99.7 Å². The second kappa shape index (κ2) is 5.09. The number of amides is 1. The lowest BCUT2D eigenvalue weighted by Crippen LogP contribution is -2.40. The fourth-order valence-corrected chi connectivity index (χ4v) is 1.81. The summed E-state index contributed by atoms with van der Waals surface area (Å²) in [6.45, 7) is 1.16. The van der Waals surface area contributed by atoms with E-state index in [1.165, 1.54) is 0 Å². The monoisotopic (exact) mass is 236 g/mol. The number of aliphatic hydroxyl groups is 1. The number of hydrogen-bond donors (Lipinski definition) is 2. The second-order valence-corrected chi connectivity index (χ2v) is 4.08. The third-order valence-corrected chi connectivity index (χ3v) is 2.89. The minimum atomic E-state index is -0.281. The van der Waals surface area contributed by atoms with Gasteiger partial charge in [0, 0.05) is 20.1 Å². The van der Waals surface area contributed by atoms with Crippen molar-refractivity contribution in [3.8, 4) is 0 Å². The molecule has 1 aromatic heterocycles. The summed E-state index contributed by atoms with van der Waals surface area (Å²) in [6, 6.07) is 3.38. The first kappa shape index (κ1) is 11.8. The molecule has 2 N–H and O–H groups in total. The van der Waals surface area contributed by atoms with Crippen molar-refractivity contribution in [3.63, 3.8) is 0 Å². The van der Waals surface area contributed by atoms with E-state index in [1.54, 1.807) is 24.1 Å². The van der Waals surface area contributed by atoms with E-state index in [0.29, 0.717) is 37.4 Å². The van der Waals surface area contributed by atoms with Gasteiger partial charge in [-0.2, -0.15) is 0 Å². The fraction of sp³-hybridized carbons (Fsp3) is 0.545. The van der Waals surface area contributed by atoms with Crippen LogP contribution in [0.2, 0.25) is 0 Å². The number of nitrogens with one attached hydrogen (secondary N) is 1. The zero-order valence-electron chi connectivity index (χ0n) is 9.76.